The molecule has 7 heteroatoms. The fourth-order valence-corrected chi connectivity index (χ4v) is 3.29. The van der Waals surface area contributed by atoms with Gasteiger partial charge >= 0.3 is 0 Å². The molecular formula is C24H26N2O5. The van der Waals surface area contributed by atoms with Crippen molar-refractivity contribution in [3.05, 3.63) is 59.7 Å². The monoisotopic (exact) mass is 422 g/mol. The molecule has 0 aliphatic carbocycles. The number of likely N-dealkylation sites (N-methyl/N-ethyl adjacent to an activating group) is 1. The highest BCUT2D eigenvalue weighted by molar-refractivity contribution is 6.07. The number of rotatable bonds is 9. The van der Waals surface area contributed by atoms with E-state index in [0.29, 0.717) is 30.0 Å². The summed E-state index contributed by atoms with van der Waals surface area (Å²) in [5.74, 6) is 0.684. The Morgan fingerprint density at radius 2 is 1.90 bits per heavy atom. The Bertz CT molecular complexity index is 982. The third-order valence-corrected chi connectivity index (χ3v) is 4.88. The third-order valence-electron chi connectivity index (χ3n) is 4.88. The molecule has 0 radical (unpaired) electrons. The minimum Gasteiger partial charge on any atom is -0.493 e. The molecule has 1 heterocycles. The van der Waals surface area contributed by atoms with Crippen molar-refractivity contribution in [2.24, 2.45) is 0 Å². The summed E-state index contributed by atoms with van der Waals surface area (Å²) in [5.41, 5.74) is 2.12. The molecule has 1 N–H and O–H groups in total. The van der Waals surface area contributed by atoms with Crippen LogP contribution < -0.4 is 19.7 Å². The van der Waals surface area contributed by atoms with Gasteiger partial charge in [-0.2, -0.15) is 0 Å². The van der Waals surface area contributed by atoms with E-state index in [1.54, 1.807) is 53.4 Å². The fraction of sp³-hybridized carbons (Fsp3) is 0.292. The lowest BCUT2D eigenvalue weighted by atomic mass is 10.1. The second-order valence-corrected chi connectivity index (χ2v) is 7.05. The summed E-state index contributed by atoms with van der Waals surface area (Å²) in [7, 11) is 1.51. The molecule has 2 amide bonds. The van der Waals surface area contributed by atoms with Crippen LogP contribution in [-0.4, -0.2) is 44.4 Å². The molecule has 0 atom stereocenters. The van der Waals surface area contributed by atoms with Crippen molar-refractivity contribution in [1.82, 2.24) is 5.32 Å². The maximum Gasteiger partial charge on any atom is 0.257 e. The van der Waals surface area contributed by atoms with Gasteiger partial charge in [0.1, 0.15) is 0 Å². The number of carbonyl (C=O) groups is 3. The van der Waals surface area contributed by atoms with Gasteiger partial charge in [-0.25, -0.2) is 0 Å². The molecule has 0 unspecified atom stereocenters. The Kier molecular flexibility index (Phi) is 7.43. The minimum absolute atomic E-state index is 0.100. The summed E-state index contributed by atoms with van der Waals surface area (Å²) in [6.45, 7) is 2.99. The van der Waals surface area contributed by atoms with Gasteiger partial charge < -0.3 is 19.7 Å². The van der Waals surface area contributed by atoms with Gasteiger partial charge in [-0.05, 0) is 61.4 Å². The summed E-state index contributed by atoms with van der Waals surface area (Å²) in [6.07, 6.45) is 4.61. The van der Waals surface area contributed by atoms with E-state index in [9.17, 15) is 14.4 Å². The number of allylic oxidation sites excluding steroid dienone is 1. The summed E-state index contributed by atoms with van der Waals surface area (Å²) >= 11 is 0. The van der Waals surface area contributed by atoms with Crippen LogP contribution in [0.5, 0.6) is 11.5 Å². The average Bonchev–Trinajstić information content (AvgIpc) is 3.22. The molecule has 162 valence electrons. The molecule has 1 fully saturated rings. The topological polar surface area (TPSA) is 84.9 Å². The summed E-state index contributed by atoms with van der Waals surface area (Å²) in [5, 5.41) is 2.66. The van der Waals surface area contributed by atoms with Gasteiger partial charge in [-0.15, -0.1) is 0 Å². The fourth-order valence-electron chi connectivity index (χ4n) is 3.29. The molecule has 0 spiro atoms. The number of hydrogen-bond acceptors (Lipinski definition) is 5. The van der Waals surface area contributed by atoms with E-state index in [0.717, 1.165) is 24.2 Å². The Morgan fingerprint density at radius 3 is 2.55 bits per heavy atom. The first kappa shape index (κ1) is 22.1. The maximum absolute atomic E-state index is 12.5. The number of ketones is 1. The zero-order chi connectivity index (χ0) is 22.2. The Balaban J connectivity index is 1.64. The molecule has 1 aliphatic rings. The Hall–Kier alpha value is -3.61. The highest BCUT2D eigenvalue weighted by atomic mass is 16.5. The van der Waals surface area contributed by atoms with E-state index in [1.165, 1.54) is 13.2 Å². The van der Waals surface area contributed by atoms with Gasteiger partial charge in [0, 0.05) is 30.8 Å². The van der Waals surface area contributed by atoms with Gasteiger partial charge in [0.15, 0.2) is 23.9 Å². The normalized spacial score (nSPS) is 13.5. The van der Waals surface area contributed by atoms with Gasteiger partial charge in [0.05, 0.1) is 7.11 Å². The number of carbonyl (C=O) groups excluding carboxylic acids is 3. The van der Waals surface area contributed by atoms with E-state index in [1.807, 2.05) is 6.92 Å². The standard InChI is InChI=1S/C24H26N2O5/c1-3-25-23(28)16-31-21-13-7-17(15-22(21)30-2)6-12-20(27)18-8-10-19(11-9-18)26-14-4-5-24(26)29/h6-13,15H,3-5,14,16H2,1-2H3,(H,25,28)/b12-6+. The van der Waals surface area contributed by atoms with Crippen molar-refractivity contribution < 1.29 is 23.9 Å². The zero-order valence-electron chi connectivity index (χ0n) is 17.7. The van der Waals surface area contributed by atoms with Gasteiger partial charge in [-0.1, -0.05) is 12.1 Å². The van der Waals surface area contributed by atoms with Crippen LogP contribution in [0.4, 0.5) is 5.69 Å². The zero-order valence-corrected chi connectivity index (χ0v) is 17.7. The first-order valence-electron chi connectivity index (χ1n) is 10.2. The molecule has 0 saturated carbocycles. The number of amides is 2. The smallest absolute Gasteiger partial charge is 0.257 e. The van der Waals surface area contributed by atoms with Crippen LogP contribution in [0.25, 0.3) is 6.08 Å². The number of benzene rings is 2. The first-order chi connectivity index (χ1) is 15.0. The summed E-state index contributed by atoms with van der Waals surface area (Å²) in [4.78, 5) is 37.7. The number of hydrogen-bond donors (Lipinski definition) is 1. The largest absolute Gasteiger partial charge is 0.493 e. The van der Waals surface area contributed by atoms with Crippen LogP contribution in [0.1, 0.15) is 35.7 Å². The summed E-state index contributed by atoms with van der Waals surface area (Å²) in [6, 6.07) is 12.3. The summed E-state index contributed by atoms with van der Waals surface area (Å²) < 4.78 is 10.8. The van der Waals surface area contributed by atoms with E-state index in [2.05, 4.69) is 5.32 Å². The first-order valence-corrected chi connectivity index (χ1v) is 10.2. The third kappa shape index (κ3) is 5.72. The molecule has 0 aromatic heterocycles. The second-order valence-electron chi connectivity index (χ2n) is 7.05. The van der Waals surface area contributed by atoms with Crippen LogP contribution in [-0.2, 0) is 9.59 Å². The lowest BCUT2D eigenvalue weighted by molar-refractivity contribution is -0.123. The Morgan fingerprint density at radius 1 is 1.13 bits per heavy atom. The van der Waals surface area contributed by atoms with Gasteiger partial charge in [0.2, 0.25) is 5.91 Å². The van der Waals surface area contributed by atoms with Crippen molar-refractivity contribution in [3.8, 4) is 11.5 Å². The molecule has 31 heavy (non-hydrogen) atoms. The SMILES string of the molecule is CCNC(=O)COc1ccc(/C=C/C(=O)c2ccc(N3CCCC3=O)cc2)cc1OC. The molecule has 2 aromatic rings. The van der Waals surface area contributed by atoms with Crippen LogP contribution in [0.15, 0.2) is 48.5 Å². The molecule has 1 aliphatic heterocycles. The molecule has 1 saturated heterocycles. The molecule has 7 nitrogen and oxygen atoms in total. The van der Waals surface area contributed by atoms with E-state index < -0.39 is 0 Å². The number of nitrogens with one attached hydrogen (secondary N) is 1. The molecular weight excluding hydrogens is 396 g/mol. The molecule has 3 rings (SSSR count). The number of anilines is 1. The highest BCUT2D eigenvalue weighted by Crippen LogP contribution is 2.28. The van der Waals surface area contributed by atoms with E-state index in [4.69, 9.17) is 9.47 Å². The van der Waals surface area contributed by atoms with E-state index in [-0.39, 0.29) is 24.2 Å². The minimum atomic E-state index is -0.209. The number of ether oxygens (including phenoxy) is 2. The van der Waals surface area contributed by atoms with Gasteiger partial charge in [0.25, 0.3) is 5.91 Å². The lowest BCUT2D eigenvalue weighted by Gasteiger charge is -2.15. The predicted molar refractivity (Wildman–Crippen MR) is 119 cm³/mol. The van der Waals surface area contributed by atoms with Crippen molar-refractivity contribution in [2.75, 3.05) is 31.7 Å². The van der Waals surface area contributed by atoms with Crippen LogP contribution in [0.2, 0.25) is 0 Å². The average molecular weight is 422 g/mol. The highest BCUT2D eigenvalue weighted by Gasteiger charge is 2.21. The number of nitrogens with zero attached hydrogens (tertiary/aromatic N) is 1. The van der Waals surface area contributed by atoms with Crippen molar-refractivity contribution in [2.45, 2.75) is 19.8 Å². The van der Waals surface area contributed by atoms with Crippen molar-refractivity contribution in [3.63, 3.8) is 0 Å². The van der Waals surface area contributed by atoms with Gasteiger partial charge in [-0.3, -0.25) is 14.4 Å². The van der Waals surface area contributed by atoms with Crippen LogP contribution in [0, 0.1) is 0 Å². The van der Waals surface area contributed by atoms with Crippen molar-refractivity contribution in [1.29, 1.82) is 0 Å². The maximum atomic E-state index is 12.5. The Labute approximate surface area is 181 Å². The van der Waals surface area contributed by atoms with Crippen LogP contribution >= 0.6 is 0 Å². The van der Waals surface area contributed by atoms with Crippen molar-refractivity contribution >= 4 is 29.4 Å². The lowest BCUT2D eigenvalue weighted by Crippen LogP contribution is -2.28. The van der Waals surface area contributed by atoms with Crippen LogP contribution in [0.3, 0.4) is 0 Å². The predicted octanol–water partition coefficient (Wildman–Crippen LogP) is 3.23. The molecule has 0 bridgehead atoms. The quantitative estimate of drug-likeness (QED) is 0.495. The molecule has 2 aromatic carbocycles. The number of methoxy groups -OCH3 is 1. The van der Waals surface area contributed by atoms with E-state index >= 15 is 0 Å². The second kappa shape index (κ2) is 10.4.